The maximum Gasteiger partial charge on any atom is 0.275 e. The number of hydrogen-bond donors (Lipinski definition) is 3. The zero-order valence-corrected chi connectivity index (χ0v) is 19.3. The molecule has 2 aromatic carbocycles. The van der Waals surface area contributed by atoms with Crippen LogP contribution in [0.4, 0.5) is 0 Å². The van der Waals surface area contributed by atoms with Crippen molar-refractivity contribution in [3.63, 3.8) is 0 Å². The first-order valence-corrected chi connectivity index (χ1v) is 10.0. The second kappa shape index (κ2) is 9.91. The van der Waals surface area contributed by atoms with Crippen LogP contribution in [-0.2, 0) is 4.79 Å². The van der Waals surface area contributed by atoms with E-state index in [4.69, 9.17) is 15.2 Å². The third-order valence-electron chi connectivity index (χ3n) is 3.55. The number of hydrazone groups is 1. The van der Waals surface area contributed by atoms with Crippen LogP contribution in [0.15, 0.2) is 35.4 Å². The fourth-order valence-electron chi connectivity index (χ4n) is 2.16. The molecule has 28 heavy (non-hydrogen) atoms. The van der Waals surface area contributed by atoms with Gasteiger partial charge in [-0.2, -0.15) is 5.10 Å². The zero-order valence-electron chi connectivity index (χ0n) is 15.0. The van der Waals surface area contributed by atoms with E-state index in [0.29, 0.717) is 26.3 Å². The van der Waals surface area contributed by atoms with Crippen LogP contribution in [0.2, 0.25) is 0 Å². The summed E-state index contributed by atoms with van der Waals surface area (Å²) in [5, 5.41) is 14.2. The Balaban J connectivity index is 2.19. The summed E-state index contributed by atoms with van der Waals surface area (Å²) in [6.07, 6.45) is 0. The number of carbonyl (C=O) groups is 2. The molecule has 0 radical (unpaired) electrons. The summed E-state index contributed by atoms with van der Waals surface area (Å²) < 4.78 is 11.9. The first-order chi connectivity index (χ1) is 13.2. The Hall–Kier alpha value is -2.09. The summed E-state index contributed by atoms with van der Waals surface area (Å²) in [5.74, 6) is -0.463. The molecule has 0 aliphatic carbocycles. The minimum absolute atomic E-state index is 0.0935. The molecular weight excluding hydrogens is 592 g/mol. The van der Waals surface area contributed by atoms with Crippen LogP contribution >= 0.6 is 45.2 Å². The Labute approximate surface area is 188 Å². The Morgan fingerprint density at radius 1 is 1.21 bits per heavy atom. The smallest absolute Gasteiger partial charge is 0.275 e. The number of primary amides is 1. The number of aromatic hydroxyl groups is 1. The number of ether oxygens (including phenoxy) is 2. The molecule has 0 aromatic heterocycles. The number of amides is 2. The molecule has 2 amide bonds. The van der Waals surface area contributed by atoms with Crippen molar-refractivity contribution in [2.24, 2.45) is 10.8 Å². The van der Waals surface area contributed by atoms with Crippen LogP contribution < -0.4 is 20.6 Å². The number of phenolic OH excluding ortho intramolecular Hbond substituents is 1. The van der Waals surface area contributed by atoms with E-state index >= 15 is 0 Å². The van der Waals surface area contributed by atoms with Gasteiger partial charge in [0.15, 0.2) is 18.1 Å². The van der Waals surface area contributed by atoms with Crippen molar-refractivity contribution in [1.82, 2.24) is 5.43 Å². The number of nitrogens with zero attached hydrogens (tertiary/aromatic N) is 1. The molecule has 4 N–H and O–H groups in total. The number of halogens is 2. The predicted molar refractivity (Wildman–Crippen MR) is 121 cm³/mol. The van der Waals surface area contributed by atoms with Gasteiger partial charge in [0.05, 0.1) is 22.0 Å². The van der Waals surface area contributed by atoms with E-state index in [0.717, 1.165) is 3.57 Å². The normalized spacial score (nSPS) is 11.1. The van der Waals surface area contributed by atoms with Crippen molar-refractivity contribution in [2.45, 2.75) is 6.92 Å². The van der Waals surface area contributed by atoms with Gasteiger partial charge in [-0.05, 0) is 82.4 Å². The van der Waals surface area contributed by atoms with Crippen LogP contribution in [0, 0.1) is 7.14 Å². The van der Waals surface area contributed by atoms with Crippen LogP contribution in [0.25, 0.3) is 0 Å². The first kappa shape index (κ1) is 22.2. The lowest BCUT2D eigenvalue weighted by atomic mass is 10.1. The summed E-state index contributed by atoms with van der Waals surface area (Å²) in [7, 11) is 1.46. The molecule has 10 heteroatoms. The van der Waals surface area contributed by atoms with Gasteiger partial charge in [-0.15, -0.1) is 0 Å². The molecule has 0 spiro atoms. The van der Waals surface area contributed by atoms with E-state index in [-0.39, 0.29) is 17.9 Å². The fourth-order valence-corrected chi connectivity index (χ4v) is 4.00. The molecule has 8 nitrogen and oxygen atoms in total. The van der Waals surface area contributed by atoms with Crippen molar-refractivity contribution >= 4 is 62.7 Å². The average molecular weight is 609 g/mol. The molecule has 0 unspecified atom stereocenters. The molecule has 0 aliphatic heterocycles. The Morgan fingerprint density at radius 3 is 2.57 bits per heavy atom. The molecule has 0 fully saturated rings. The minimum Gasteiger partial charge on any atom is -0.506 e. The minimum atomic E-state index is -0.597. The summed E-state index contributed by atoms with van der Waals surface area (Å²) in [5.41, 5.74) is 8.82. The van der Waals surface area contributed by atoms with Crippen LogP contribution in [0.3, 0.4) is 0 Å². The van der Waals surface area contributed by atoms with Crippen molar-refractivity contribution < 1.29 is 24.2 Å². The molecule has 0 heterocycles. The Kier molecular flexibility index (Phi) is 7.86. The predicted octanol–water partition coefficient (Wildman–Crippen LogP) is 2.63. The third-order valence-corrected chi connectivity index (χ3v) is 4.99. The number of hydrogen-bond acceptors (Lipinski definition) is 6. The van der Waals surface area contributed by atoms with Crippen LogP contribution in [0.5, 0.6) is 17.2 Å². The lowest BCUT2D eigenvalue weighted by Crippen LogP contribution is -2.20. The van der Waals surface area contributed by atoms with Gasteiger partial charge in [0.2, 0.25) is 0 Å². The van der Waals surface area contributed by atoms with Crippen molar-refractivity contribution in [3.8, 4) is 17.2 Å². The van der Waals surface area contributed by atoms with E-state index in [9.17, 15) is 14.7 Å². The van der Waals surface area contributed by atoms with Gasteiger partial charge in [-0.1, -0.05) is 0 Å². The van der Waals surface area contributed by atoms with Crippen molar-refractivity contribution in [2.75, 3.05) is 13.7 Å². The fraction of sp³-hybridized carbons (Fsp3) is 0.167. The largest absolute Gasteiger partial charge is 0.506 e. The second-order valence-corrected chi connectivity index (χ2v) is 7.95. The van der Waals surface area contributed by atoms with E-state index in [2.05, 4.69) is 33.1 Å². The SMILES string of the molecule is COc1cc(C(C)=NNC(=O)c2cc(I)cc(I)c2O)ccc1OCC(N)=O. The van der Waals surface area contributed by atoms with E-state index in [1.54, 1.807) is 37.3 Å². The lowest BCUT2D eigenvalue weighted by molar-refractivity contribution is -0.119. The van der Waals surface area contributed by atoms with Gasteiger partial charge in [0.1, 0.15) is 5.75 Å². The van der Waals surface area contributed by atoms with Gasteiger partial charge >= 0.3 is 0 Å². The monoisotopic (exact) mass is 609 g/mol. The van der Waals surface area contributed by atoms with Crippen LogP contribution in [0.1, 0.15) is 22.8 Å². The second-order valence-electron chi connectivity index (χ2n) is 5.54. The van der Waals surface area contributed by atoms with E-state index in [1.807, 2.05) is 22.6 Å². The zero-order chi connectivity index (χ0) is 20.8. The highest BCUT2D eigenvalue weighted by atomic mass is 127. The van der Waals surface area contributed by atoms with E-state index in [1.165, 1.54) is 7.11 Å². The highest BCUT2D eigenvalue weighted by Gasteiger charge is 2.15. The first-order valence-electron chi connectivity index (χ1n) is 7.85. The average Bonchev–Trinajstić information content (AvgIpc) is 2.66. The standard InChI is InChI=1S/C18H17I2N3O5/c1-9(10-3-4-14(15(5-10)27-2)28-8-16(21)24)22-23-18(26)12-6-11(19)7-13(20)17(12)25/h3-7,25H,8H2,1-2H3,(H2,21,24)(H,23,26). The summed E-state index contributed by atoms with van der Waals surface area (Å²) in [4.78, 5) is 23.2. The van der Waals surface area contributed by atoms with Crippen molar-refractivity contribution in [3.05, 3.63) is 48.6 Å². The quantitative estimate of drug-likeness (QED) is 0.253. The number of rotatable bonds is 7. The van der Waals surface area contributed by atoms with E-state index < -0.39 is 11.8 Å². The number of phenols is 1. The Morgan fingerprint density at radius 2 is 1.93 bits per heavy atom. The summed E-state index contributed by atoms with van der Waals surface area (Å²) in [6.45, 7) is 1.44. The maximum absolute atomic E-state index is 12.4. The van der Waals surface area contributed by atoms with Gasteiger partial charge in [0, 0.05) is 9.13 Å². The summed E-state index contributed by atoms with van der Waals surface area (Å²) >= 11 is 4.02. The number of carbonyl (C=O) groups excluding carboxylic acids is 2. The molecule has 2 rings (SSSR count). The van der Waals surface area contributed by atoms with Gasteiger partial charge < -0.3 is 20.3 Å². The molecule has 0 bridgehead atoms. The molecule has 0 atom stereocenters. The van der Waals surface area contributed by atoms with Gasteiger partial charge in [-0.25, -0.2) is 5.43 Å². The summed E-state index contributed by atoms with van der Waals surface area (Å²) in [6, 6.07) is 8.32. The van der Waals surface area contributed by atoms with Crippen LogP contribution in [-0.4, -0.2) is 36.3 Å². The molecule has 148 valence electrons. The lowest BCUT2D eigenvalue weighted by Gasteiger charge is -2.11. The molecule has 0 aliphatic rings. The molecule has 0 saturated heterocycles. The number of methoxy groups -OCH3 is 1. The highest BCUT2D eigenvalue weighted by Crippen LogP contribution is 2.29. The Bertz CT molecular complexity index is 947. The molecular formula is C18H17I2N3O5. The highest BCUT2D eigenvalue weighted by molar-refractivity contribution is 14.1. The molecule has 2 aromatic rings. The van der Waals surface area contributed by atoms with Gasteiger partial charge in [0.25, 0.3) is 11.8 Å². The van der Waals surface area contributed by atoms with Crippen molar-refractivity contribution in [1.29, 1.82) is 0 Å². The number of benzene rings is 2. The third kappa shape index (κ3) is 5.70. The topological polar surface area (TPSA) is 123 Å². The number of nitrogens with one attached hydrogen (secondary N) is 1. The molecule has 0 saturated carbocycles. The number of nitrogens with two attached hydrogens (primary N) is 1. The van der Waals surface area contributed by atoms with Gasteiger partial charge in [-0.3, -0.25) is 9.59 Å². The maximum atomic E-state index is 12.4.